The number of hydrogen-bond acceptors (Lipinski definition) is 3. The van der Waals surface area contributed by atoms with Crippen molar-refractivity contribution in [3.8, 4) is 0 Å². The van der Waals surface area contributed by atoms with Gasteiger partial charge in [0.2, 0.25) is 0 Å². The lowest BCUT2D eigenvalue weighted by Crippen LogP contribution is -2.30. The fourth-order valence-electron chi connectivity index (χ4n) is 3.44. The first kappa shape index (κ1) is 18.2. The lowest BCUT2D eigenvalue weighted by atomic mass is 9.90. The largest absolute Gasteiger partial charge is 0.466 e. The molecule has 1 amide bonds. The molecule has 1 N–H and O–H groups in total. The van der Waals surface area contributed by atoms with E-state index in [4.69, 9.17) is 4.74 Å². The molecule has 0 saturated carbocycles. The Kier molecular flexibility index (Phi) is 6.05. The van der Waals surface area contributed by atoms with E-state index < -0.39 is 6.04 Å². The van der Waals surface area contributed by atoms with Crippen molar-refractivity contribution in [3.05, 3.63) is 70.8 Å². The number of ether oxygens (including phenoxy) is 1. The van der Waals surface area contributed by atoms with Crippen LogP contribution in [0.15, 0.2) is 48.5 Å². The summed E-state index contributed by atoms with van der Waals surface area (Å²) >= 11 is 0. The number of carbonyl (C=O) groups is 2. The monoisotopic (exact) mass is 351 g/mol. The summed E-state index contributed by atoms with van der Waals surface area (Å²) < 4.78 is 5.07. The fraction of sp³-hybridized carbons (Fsp3) is 0.364. The third-order valence-corrected chi connectivity index (χ3v) is 4.79. The third kappa shape index (κ3) is 4.51. The van der Waals surface area contributed by atoms with E-state index in [1.807, 2.05) is 42.5 Å². The summed E-state index contributed by atoms with van der Waals surface area (Å²) in [5, 5.41) is 3.01. The number of amides is 1. The SMILES string of the molecule is CCOC(=O)CC(NC(=O)c1ccc2c(c1)CCCC2)c1ccccc1. The molecule has 0 fully saturated rings. The third-order valence-electron chi connectivity index (χ3n) is 4.79. The number of rotatable bonds is 6. The Morgan fingerprint density at radius 2 is 1.77 bits per heavy atom. The summed E-state index contributed by atoms with van der Waals surface area (Å²) in [7, 11) is 0. The van der Waals surface area contributed by atoms with Crippen LogP contribution in [0.3, 0.4) is 0 Å². The minimum Gasteiger partial charge on any atom is -0.466 e. The van der Waals surface area contributed by atoms with E-state index >= 15 is 0 Å². The maximum Gasteiger partial charge on any atom is 0.308 e. The quantitative estimate of drug-likeness (QED) is 0.801. The summed E-state index contributed by atoms with van der Waals surface area (Å²) in [5.41, 5.74) is 4.16. The molecule has 0 bridgehead atoms. The molecule has 2 aromatic carbocycles. The van der Waals surface area contributed by atoms with Gasteiger partial charge in [0.1, 0.15) is 0 Å². The van der Waals surface area contributed by atoms with Gasteiger partial charge in [0.05, 0.1) is 19.1 Å². The molecule has 0 radical (unpaired) electrons. The lowest BCUT2D eigenvalue weighted by molar-refractivity contribution is -0.143. The number of esters is 1. The van der Waals surface area contributed by atoms with Gasteiger partial charge in [-0.3, -0.25) is 9.59 Å². The van der Waals surface area contributed by atoms with E-state index in [0.717, 1.165) is 18.4 Å². The predicted octanol–water partition coefficient (Wildman–Crippen LogP) is 3.99. The Morgan fingerprint density at radius 3 is 2.50 bits per heavy atom. The Hall–Kier alpha value is -2.62. The molecule has 136 valence electrons. The van der Waals surface area contributed by atoms with Crippen LogP contribution in [0.2, 0.25) is 0 Å². The van der Waals surface area contributed by atoms with Gasteiger partial charge >= 0.3 is 5.97 Å². The van der Waals surface area contributed by atoms with E-state index in [-0.39, 0.29) is 18.3 Å². The highest BCUT2D eigenvalue weighted by molar-refractivity contribution is 5.95. The Morgan fingerprint density at radius 1 is 1.04 bits per heavy atom. The molecule has 0 spiro atoms. The van der Waals surface area contributed by atoms with Crippen molar-refractivity contribution in [3.63, 3.8) is 0 Å². The predicted molar refractivity (Wildman–Crippen MR) is 101 cm³/mol. The van der Waals surface area contributed by atoms with E-state index in [0.29, 0.717) is 12.2 Å². The summed E-state index contributed by atoms with van der Waals surface area (Å²) in [6.45, 7) is 2.11. The number of aryl methyl sites for hydroxylation is 2. The average molecular weight is 351 g/mol. The molecular weight excluding hydrogens is 326 g/mol. The second kappa shape index (κ2) is 8.65. The molecule has 1 aliphatic carbocycles. The van der Waals surface area contributed by atoms with Gasteiger partial charge in [0.15, 0.2) is 0 Å². The highest BCUT2D eigenvalue weighted by Crippen LogP contribution is 2.23. The number of nitrogens with one attached hydrogen (secondary N) is 1. The minimum absolute atomic E-state index is 0.120. The standard InChI is InChI=1S/C22H25NO3/c1-2-26-21(24)15-20(17-9-4-3-5-10-17)23-22(25)19-13-12-16-8-6-7-11-18(16)14-19/h3-5,9-10,12-14,20H,2,6-8,11,15H2,1H3,(H,23,25). The van der Waals surface area contributed by atoms with E-state index in [2.05, 4.69) is 11.4 Å². The van der Waals surface area contributed by atoms with Gasteiger partial charge in [-0.15, -0.1) is 0 Å². The number of hydrogen-bond donors (Lipinski definition) is 1. The van der Waals surface area contributed by atoms with Crippen LogP contribution in [0.4, 0.5) is 0 Å². The Balaban J connectivity index is 1.77. The van der Waals surface area contributed by atoms with Gasteiger partial charge in [-0.2, -0.15) is 0 Å². The summed E-state index contributed by atoms with van der Waals surface area (Å²) in [4.78, 5) is 24.8. The molecule has 1 unspecified atom stereocenters. The molecule has 0 aliphatic heterocycles. The van der Waals surface area contributed by atoms with Gasteiger partial charge in [-0.1, -0.05) is 36.4 Å². The molecule has 4 nitrogen and oxygen atoms in total. The molecule has 1 aliphatic rings. The molecule has 3 rings (SSSR count). The van der Waals surface area contributed by atoms with Crippen molar-refractivity contribution in [2.75, 3.05) is 6.61 Å². The van der Waals surface area contributed by atoms with Crippen molar-refractivity contribution in [2.45, 2.75) is 45.1 Å². The average Bonchev–Trinajstić information content (AvgIpc) is 2.68. The van der Waals surface area contributed by atoms with Crippen molar-refractivity contribution in [2.24, 2.45) is 0 Å². The Labute approximate surface area is 154 Å². The first-order valence-electron chi connectivity index (χ1n) is 9.30. The van der Waals surface area contributed by atoms with Gasteiger partial charge < -0.3 is 10.1 Å². The number of benzene rings is 2. The second-order valence-electron chi connectivity index (χ2n) is 6.64. The molecular formula is C22H25NO3. The van der Waals surface area contributed by atoms with Crippen molar-refractivity contribution < 1.29 is 14.3 Å². The van der Waals surface area contributed by atoms with Crippen LogP contribution < -0.4 is 5.32 Å². The number of carbonyl (C=O) groups excluding carboxylic acids is 2. The first-order valence-corrected chi connectivity index (χ1v) is 9.30. The molecule has 0 saturated heterocycles. The molecule has 4 heteroatoms. The maximum absolute atomic E-state index is 12.8. The summed E-state index contributed by atoms with van der Waals surface area (Å²) in [5.74, 6) is -0.469. The normalized spacial score (nSPS) is 14.2. The zero-order chi connectivity index (χ0) is 18.4. The highest BCUT2D eigenvalue weighted by atomic mass is 16.5. The van der Waals surface area contributed by atoms with Crippen molar-refractivity contribution in [1.29, 1.82) is 0 Å². The molecule has 2 aromatic rings. The fourth-order valence-corrected chi connectivity index (χ4v) is 3.44. The van der Waals surface area contributed by atoms with Crippen LogP contribution in [-0.4, -0.2) is 18.5 Å². The molecule has 0 aromatic heterocycles. The Bertz CT molecular complexity index is 770. The zero-order valence-electron chi connectivity index (χ0n) is 15.2. The molecule has 0 heterocycles. The summed E-state index contributed by atoms with van der Waals surface area (Å²) in [6, 6.07) is 15.1. The van der Waals surface area contributed by atoms with Crippen LogP contribution in [0.1, 0.15) is 59.3 Å². The van der Waals surface area contributed by atoms with Gasteiger partial charge in [0.25, 0.3) is 5.91 Å². The molecule has 1 atom stereocenters. The van der Waals surface area contributed by atoms with Gasteiger partial charge in [-0.05, 0) is 61.4 Å². The van der Waals surface area contributed by atoms with Gasteiger partial charge in [0, 0.05) is 5.56 Å². The molecule has 26 heavy (non-hydrogen) atoms. The van der Waals surface area contributed by atoms with E-state index in [1.54, 1.807) is 6.92 Å². The smallest absolute Gasteiger partial charge is 0.308 e. The van der Waals surface area contributed by atoms with Crippen LogP contribution in [0.5, 0.6) is 0 Å². The van der Waals surface area contributed by atoms with E-state index in [9.17, 15) is 9.59 Å². The number of fused-ring (bicyclic) bond motifs is 1. The first-order chi connectivity index (χ1) is 12.7. The van der Waals surface area contributed by atoms with Crippen LogP contribution in [0, 0.1) is 0 Å². The van der Waals surface area contributed by atoms with Crippen molar-refractivity contribution in [1.82, 2.24) is 5.32 Å². The van der Waals surface area contributed by atoms with Crippen LogP contribution in [-0.2, 0) is 22.4 Å². The highest BCUT2D eigenvalue weighted by Gasteiger charge is 2.21. The van der Waals surface area contributed by atoms with Crippen LogP contribution in [0.25, 0.3) is 0 Å². The minimum atomic E-state index is -0.404. The second-order valence-corrected chi connectivity index (χ2v) is 6.64. The summed E-state index contributed by atoms with van der Waals surface area (Å²) in [6.07, 6.45) is 4.63. The zero-order valence-corrected chi connectivity index (χ0v) is 15.2. The van der Waals surface area contributed by atoms with Crippen LogP contribution >= 0.6 is 0 Å². The lowest BCUT2D eigenvalue weighted by Gasteiger charge is -2.20. The van der Waals surface area contributed by atoms with E-state index in [1.165, 1.54) is 24.0 Å². The maximum atomic E-state index is 12.8. The topological polar surface area (TPSA) is 55.4 Å². The van der Waals surface area contributed by atoms with Gasteiger partial charge in [-0.25, -0.2) is 0 Å². The van der Waals surface area contributed by atoms with Crippen molar-refractivity contribution >= 4 is 11.9 Å².